The fourth-order valence-electron chi connectivity index (χ4n) is 2.58. The number of anilines is 1. The van der Waals surface area contributed by atoms with E-state index in [0.29, 0.717) is 26.3 Å². The van der Waals surface area contributed by atoms with Crippen LogP contribution in [-0.4, -0.2) is 55.4 Å². The van der Waals surface area contributed by atoms with Gasteiger partial charge in [-0.25, -0.2) is 4.79 Å². The van der Waals surface area contributed by atoms with Gasteiger partial charge in [-0.05, 0) is 18.2 Å². The van der Waals surface area contributed by atoms with E-state index >= 15 is 0 Å². The minimum Gasteiger partial charge on any atom is -0.382 e. The number of rotatable bonds is 3. The number of morpholine rings is 1. The molecule has 2 amide bonds. The summed E-state index contributed by atoms with van der Waals surface area (Å²) in [5.41, 5.74) is 1.82. The normalized spacial score (nSPS) is 18.9. The van der Waals surface area contributed by atoms with Gasteiger partial charge < -0.3 is 24.7 Å². The van der Waals surface area contributed by atoms with Crippen LogP contribution in [0, 0.1) is 0 Å². The lowest BCUT2D eigenvalue weighted by Gasteiger charge is -2.32. The molecule has 0 aliphatic carbocycles. The van der Waals surface area contributed by atoms with Crippen molar-refractivity contribution < 1.29 is 14.3 Å². The summed E-state index contributed by atoms with van der Waals surface area (Å²) < 4.78 is 10.6. The van der Waals surface area contributed by atoms with Crippen LogP contribution in [-0.2, 0) is 9.47 Å². The van der Waals surface area contributed by atoms with Crippen LogP contribution in [0.4, 0.5) is 10.5 Å². The summed E-state index contributed by atoms with van der Waals surface area (Å²) in [7, 11) is 1.63. The van der Waals surface area contributed by atoms with E-state index in [9.17, 15) is 4.79 Å². The van der Waals surface area contributed by atoms with E-state index in [0.717, 1.165) is 16.6 Å². The van der Waals surface area contributed by atoms with Crippen molar-refractivity contribution in [3.8, 4) is 0 Å². The van der Waals surface area contributed by atoms with Crippen LogP contribution >= 0.6 is 0 Å². The van der Waals surface area contributed by atoms with Crippen LogP contribution in [0.5, 0.6) is 0 Å². The van der Waals surface area contributed by atoms with E-state index in [1.807, 2.05) is 30.5 Å². The maximum atomic E-state index is 12.4. The molecule has 0 spiro atoms. The predicted molar refractivity (Wildman–Crippen MR) is 80.5 cm³/mol. The van der Waals surface area contributed by atoms with Gasteiger partial charge in [-0.3, -0.25) is 0 Å². The highest BCUT2D eigenvalue weighted by molar-refractivity contribution is 6.00. The number of nitrogens with one attached hydrogen (secondary N) is 2. The fourth-order valence-corrected chi connectivity index (χ4v) is 2.58. The molecule has 1 aliphatic heterocycles. The number of carbonyl (C=O) groups is 1. The summed E-state index contributed by atoms with van der Waals surface area (Å²) in [6.07, 6.45) is 1.81. The fraction of sp³-hybridized carbons (Fsp3) is 0.400. The lowest BCUT2D eigenvalue weighted by atomic mass is 10.2. The number of H-pyrrole nitrogens is 1. The van der Waals surface area contributed by atoms with Crippen LogP contribution in [0.3, 0.4) is 0 Å². The van der Waals surface area contributed by atoms with E-state index < -0.39 is 0 Å². The number of urea groups is 1. The number of nitrogens with zero attached hydrogens (tertiary/aromatic N) is 1. The Morgan fingerprint density at radius 2 is 2.43 bits per heavy atom. The van der Waals surface area contributed by atoms with E-state index in [1.54, 1.807) is 12.0 Å². The number of benzene rings is 1. The van der Waals surface area contributed by atoms with Crippen LogP contribution in [0.2, 0.25) is 0 Å². The molecule has 1 aromatic carbocycles. The molecule has 1 aliphatic rings. The molecule has 6 heteroatoms. The monoisotopic (exact) mass is 289 g/mol. The molecule has 1 saturated heterocycles. The van der Waals surface area contributed by atoms with Gasteiger partial charge in [0.1, 0.15) is 0 Å². The summed E-state index contributed by atoms with van der Waals surface area (Å²) in [6.45, 7) is 2.17. The molecule has 1 atom stereocenters. The number of aromatic nitrogens is 1. The predicted octanol–water partition coefficient (Wildman–Crippen LogP) is 2.05. The van der Waals surface area contributed by atoms with E-state index in [-0.39, 0.29) is 12.1 Å². The van der Waals surface area contributed by atoms with Crippen molar-refractivity contribution in [2.24, 2.45) is 0 Å². The van der Waals surface area contributed by atoms with Crippen molar-refractivity contribution in [2.45, 2.75) is 6.10 Å². The summed E-state index contributed by atoms with van der Waals surface area (Å²) in [4.78, 5) is 17.3. The summed E-state index contributed by atoms with van der Waals surface area (Å²) in [5.74, 6) is 0. The molecule has 21 heavy (non-hydrogen) atoms. The Labute approximate surface area is 123 Å². The average molecular weight is 289 g/mol. The van der Waals surface area contributed by atoms with Gasteiger partial charge in [-0.2, -0.15) is 0 Å². The van der Waals surface area contributed by atoms with Gasteiger partial charge in [0.15, 0.2) is 0 Å². The Hall–Kier alpha value is -2.05. The van der Waals surface area contributed by atoms with Crippen LogP contribution < -0.4 is 5.32 Å². The van der Waals surface area contributed by atoms with E-state index in [1.165, 1.54) is 0 Å². The van der Waals surface area contributed by atoms with E-state index in [2.05, 4.69) is 10.3 Å². The number of fused-ring (bicyclic) bond motifs is 1. The van der Waals surface area contributed by atoms with Crippen molar-refractivity contribution in [1.82, 2.24) is 9.88 Å². The molecule has 6 nitrogen and oxygen atoms in total. The largest absolute Gasteiger partial charge is 0.382 e. The third kappa shape index (κ3) is 3.01. The third-order valence-corrected chi connectivity index (χ3v) is 3.62. The Morgan fingerprint density at radius 3 is 3.29 bits per heavy atom. The lowest BCUT2D eigenvalue weighted by molar-refractivity contribution is -0.0481. The zero-order valence-corrected chi connectivity index (χ0v) is 12.0. The number of hydrogen-bond acceptors (Lipinski definition) is 3. The van der Waals surface area contributed by atoms with Crippen molar-refractivity contribution in [3.63, 3.8) is 0 Å². The zero-order valence-electron chi connectivity index (χ0n) is 12.0. The molecule has 0 radical (unpaired) electrons. The van der Waals surface area contributed by atoms with Gasteiger partial charge in [0.05, 0.1) is 31.5 Å². The Balaban J connectivity index is 1.69. The molecule has 0 unspecified atom stereocenters. The van der Waals surface area contributed by atoms with Crippen molar-refractivity contribution in [3.05, 3.63) is 30.5 Å². The third-order valence-electron chi connectivity index (χ3n) is 3.62. The molecule has 1 fully saturated rings. The first-order valence-electron chi connectivity index (χ1n) is 7.00. The molecule has 0 bridgehead atoms. The Bertz CT molecular complexity index is 623. The van der Waals surface area contributed by atoms with Gasteiger partial charge in [-0.15, -0.1) is 0 Å². The van der Waals surface area contributed by atoms with Crippen LogP contribution in [0.1, 0.15) is 0 Å². The first-order chi connectivity index (χ1) is 10.3. The molecule has 1 aromatic heterocycles. The van der Waals surface area contributed by atoms with Crippen LogP contribution in [0.15, 0.2) is 30.5 Å². The highest BCUT2D eigenvalue weighted by atomic mass is 16.5. The van der Waals surface area contributed by atoms with Gasteiger partial charge in [0.25, 0.3) is 0 Å². The number of methoxy groups -OCH3 is 1. The molecule has 2 aromatic rings. The first-order valence-corrected chi connectivity index (χ1v) is 7.00. The minimum absolute atomic E-state index is 0.0578. The highest BCUT2D eigenvalue weighted by Crippen LogP contribution is 2.22. The van der Waals surface area contributed by atoms with Crippen molar-refractivity contribution >= 4 is 22.6 Å². The quantitative estimate of drug-likeness (QED) is 0.908. The Kier molecular flexibility index (Phi) is 4.08. The molecule has 112 valence electrons. The van der Waals surface area contributed by atoms with Crippen molar-refractivity contribution in [1.29, 1.82) is 0 Å². The number of aromatic amines is 1. The molecular weight excluding hydrogens is 270 g/mol. The van der Waals surface area contributed by atoms with Gasteiger partial charge in [0.2, 0.25) is 0 Å². The number of ether oxygens (including phenoxy) is 2. The second-order valence-corrected chi connectivity index (χ2v) is 5.07. The maximum Gasteiger partial charge on any atom is 0.322 e. The summed E-state index contributed by atoms with van der Waals surface area (Å²) in [6, 6.07) is 7.66. The molecular formula is C15H19N3O3. The van der Waals surface area contributed by atoms with Gasteiger partial charge >= 0.3 is 6.03 Å². The van der Waals surface area contributed by atoms with Gasteiger partial charge in [0, 0.05) is 30.8 Å². The lowest BCUT2D eigenvalue weighted by Crippen LogP contribution is -2.48. The minimum atomic E-state index is -0.104. The van der Waals surface area contributed by atoms with E-state index in [4.69, 9.17) is 9.47 Å². The SMILES string of the molecule is COC[C@H]1CN(C(=O)Nc2cccc3[nH]ccc23)CCO1. The molecule has 2 heterocycles. The molecule has 3 rings (SSSR count). The topological polar surface area (TPSA) is 66.6 Å². The number of amides is 2. The highest BCUT2D eigenvalue weighted by Gasteiger charge is 2.24. The van der Waals surface area contributed by atoms with Crippen molar-refractivity contribution in [2.75, 3.05) is 38.7 Å². The second-order valence-electron chi connectivity index (χ2n) is 5.07. The summed E-state index contributed by atoms with van der Waals surface area (Å²) in [5, 5.41) is 3.98. The Morgan fingerprint density at radius 1 is 1.52 bits per heavy atom. The molecule has 2 N–H and O–H groups in total. The van der Waals surface area contributed by atoms with Crippen LogP contribution in [0.25, 0.3) is 10.9 Å². The first kappa shape index (κ1) is 13.9. The zero-order chi connectivity index (χ0) is 14.7. The van der Waals surface area contributed by atoms with Gasteiger partial charge in [-0.1, -0.05) is 6.07 Å². The summed E-state index contributed by atoms with van der Waals surface area (Å²) >= 11 is 0. The second kappa shape index (κ2) is 6.15. The smallest absolute Gasteiger partial charge is 0.322 e. The maximum absolute atomic E-state index is 12.4. The number of hydrogen-bond donors (Lipinski definition) is 2. The number of carbonyl (C=O) groups excluding carboxylic acids is 1. The molecule has 0 saturated carbocycles. The standard InChI is InChI=1S/C15H19N3O3/c1-20-10-11-9-18(7-8-21-11)15(19)17-14-4-2-3-13-12(14)5-6-16-13/h2-6,11,16H,7-10H2,1H3,(H,17,19)/t11-/m1/s1. The average Bonchev–Trinajstić information content (AvgIpc) is 2.97.